The highest BCUT2D eigenvalue weighted by Crippen LogP contribution is 2.35. The molecule has 1 aromatic rings. The van der Waals surface area contributed by atoms with Crippen molar-refractivity contribution >= 4 is 5.97 Å². The van der Waals surface area contributed by atoms with Gasteiger partial charge in [0.1, 0.15) is 24.9 Å². The molecule has 0 aliphatic carbocycles. The Labute approximate surface area is 117 Å². The fraction of sp³-hybridized carbons (Fsp3) is 0.533. The highest BCUT2D eigenvalue weighted by atomic mass is 16.8. The Kier molecular flexibility index (Phi) is 3.50. The molecule has 0 aromatic heterocycles. The molecule has 0 bridgehead atoms. The first-order chi connectivity index (χ1) is 9.55. The zero-order valence-electron chi connectivity index (χ0n) is 11.6. The number of hydrogen-bond donors (Lipinski definition) is 0. The molecule has 2 aliphatic heterocycles. The maximum atomic E-state index is 11.9. The van der Waals surface area contributed by atoms with E-state index in [1.54, 1.807) is 24.3 Å². The summed E-state index contributed by atoms with van der Waals surface area (Å²) in [6.07, 6.45) is -0.520. The van der Waals surface area contributed by atoms with E-state index in [4.69, 9.17) is 18.9 Å². The average molecular weight is 278 g/mol. The third-order valence-electron chi connectivity index (χ3n) is 3.45. The van der Waals surface area contributed by atoms with Crippen molar-refractivity contribution in [2.45, 2.75) is 37.9 Å². The predicted molar refractivity (Wildman–Crippen MR) is 70.3 cm³/mol. The van der Waals surface area contributed by atoms with Crippen molar-refractivity contribution in [1.82, 2.24) is 0 Å². The van der Waals surface area contributed by atoms with Gasteiger partial charge < -0.3 is 18.9 Å². The minimum absolute atomic E-state index is 0.0783. The Hall–Kier alpha value is -1.43. The summed E-state index contributed by atoms with van der Waals surface area (Å²) in [4.78, 5) is 11.9. The number of fused-ring (bicyclic) bond motifs is 1. The van der Waals surface area contributed by atoms with E-state index in [0.29, 0.717) is 12.2 Å². The van der Waals surface area contributed by atoms with Gasteiger partial charge in [-0.2, -0.15) is 0 Å². The number of carbonyl (C=O) groups excluding carboxylic acids is 1. The van der Waals surface area contributed by atoms with E-state index >= 15 is 0 Å². The summed E-state index contributed by atoms with van der Waals surface area (Å²) in [6.45, 7) is 4.40. The summed E-state index contributed by atoms with van der Waals surface area (Å²) in [5.74, 6) is -0.948. The molecule has 2 heterocycles. The lowest BCUT2D eigenvalue weighted by Gasteiger charge is -2.21. The molecule has 2 fully saturated rings. The molecule has 3 atom stereocenters. The summed E-state index contributed by atoms with van der Waals surface area (Å²) < 4.78 is 22.4. The Morgan fingerprint density at radius 2 is 2.05 bits per heavy atom. The summed E-state index contributed by atoms with van der Waals surface area (Å²) in [6, 6.07) is 8.90. The monoisotopic (exact) mass is 278 g/mol. The van der Waals surface area contributed by atoms with Gasteiger partial charge in [0.25, 0.3) is 0 Å². The maximum absolute atomic E-state index is 11.9. The molecule has 5 nitrogen and oxygen atoms in total. The van der Waals surface area contributed by atoms with Gasteiger partial charge in [-0.15, -0.1) is 0 Å². The molecular weight excluding hydrogens is 260 g/mol. The standard InChI is InChI=1S/C15H18O5/c1-15(2)19-12-9-17-11(13(12)20-15)8-18-14(16)10-6-4-3-5-7-10/h3-7,11-13H,8-9H2,1-2H3/t11-,12+,13-/m1/s1. The molecular formula is C15H18O5. The zero-order chi connectivity index (χ0) is 14.2. The van der Waals surface area contributed by atoms with Gasteiger partial charge in [-0.3, -0.25) is 0 Å². The van der Waals surface area contributed by atoms with Crippen molar-refractivity contribution in [3.63, 3.8) is 0 Å². The van der Waals surface area contributed by atoms with Crippen LogP contribution in [0, 0.1) is 0 Å². The molecule has 3 rings (SSSR count). The van der Waals surface area contributed by atoms with Gasteiger partial charge >= 0.3 is 5.97 Å². The lowest BCUT2D eigenvalue weighted by Crippen LogP contribution is -2.33. The highest BCUT2D eigenvalue weighted by molar-refractivity contribution is 5.89. The Balaban J connectivity index is 1.56. The second kappa shape index (κ2) is 5.16. The Bertz CT molecular complexity index is 484. The molecule has 20 heavy (non-hydrogen) atoms. The summed E-state index contributed by atoms with van der Waals surface area (Å²) >= 11 is 0. The van der Waals surface area contributed by atoms with E-state index in [0.717, 1.165) is 0 Å². The molecule has 0 unspecified atom stereocenters. The Morgan fingerprint density at radius 3 is 2.80 bits per heavy atom. The number of carbonyl (C=O) groups is 1. The molecule has 0 N–H and O–H groups in total. The van der Waals surface area contributed by atoms with E-state index in [9.17, 15) is 4.79 Å². The quantitative estimate of drug-likeness (QED) is 0.789. The van der Waals surface area contributed by atoms with Crippen LogP contribution in [-0.2, 0) is 18.9 Å². The number of hydrogen-bond acceptors (Lipinski definition) is 5. The van der Waals surface area contributed by atoms with Gasteiger partial charge in [0.15, 0.2) is 5.79 Å². The van der Waals surface area contributed by atoms with Crippen LogP contribution >= 0.6 is 0 Å². The first kappa shape index (κ1) is 13.5. The van der Waals surface area contributed by atoms with Gasteiger partial charge in [0, 0.05) is 0 Å². The van der Waals surface area contributed by atoms with Crippen LogP contribution in [0.1, 0.15) is 24.2 Å². The molecule has 5 heteroatoms. The van der Waals surface area contributed by atoms with Crippen LogP contribution in [0.25, 0.3) is 0 Å². The molecule has 0 amide bonds. The minimum Gasteiger partial charge on any atom is -0.459 e. The van der Waals surface area contributed by atoms with Gasteiger partial charge in [0.2, 0.25) is 0 Å². The summed E-state index contributed by atoms with van der Waals surface area (Å²) in [5.41, 5.74) is 0.533. The van der Waals surface area contributed by atoms with Gasteiger partial charge in [0.05, 0.1) is 12.2 Å². The smallest absolute Gasteiger partial charge is 0.338 e. The topological polar surface area (TPSA) is 54.0 Å². The molecule has 0 radical (unpaired) electrons. The fourth-order valence-corrected chi connectivity index (χ4v) is 2.58. The second-order valence-electron chi connectivity index (χ2n) is 5.47. The van der Waals surface area contributed by atoms with E-state index in [-0.39, 0.29) is 30.9 Å². The lowest BCUT2D eigenvalue weighted by atomic mass is 10.1. The van der Waals surface area contributed by atoms with E-state index in [1.807, 2.05) is 19.9 Å². The molecule has 108 valence electrons. The maximum Gasteiger partial charge on any atom is 0.338 e. The van der Waals surface area contributed by atoms with Crippen molar-refractivity contribution in [2.24, 2.45) is 0 Å². The summed E-state index contributed by atoms with van der Waals surface area (Å²) in [5, 5.41) is 0. The third kappa shape index (κ3) is 2.70. The zero-order valence-corrected chi connectivity index (χ0v) is 11.6. The first-order valence-electron chi connectivity index (χ1n) is 6.74. The Morgan fingerprint density at radius 1 is 1.30 bits per heavy atom. The number of esters is 1. The minimum atomic E-state index is -0.596. The summed E-state index contributed by atoms with van der Waals surface area (Å²) in [7, 11) is 0. The average Bonchev–Trinajstić information content (AvgIpc) is 2.92. The highest BCUT2D eigenvalue weighted by Gasteiger charge is 2.50. The molecule has 0 saturated carbocycles. The van der Waals surface area contributed by atoms with Crippen LogP contribution < -0.4 is 0 Å². The largest absolute Gasteiger partial charge is 0.459 e. The van der Waals surface area contributed by atoms with E-state index in [2.05, 4.69) is 0 Å². The van der Waals surface area contributed by atoms with E-state index < -0.39 is 5.79 Å². The van der Waals surface area contributed by atoms with E-state index in [1.165, 1.54) is 0 Å². The normalized spacial score (nSPS) is 31.0. The lowest BCUT2D eigenvalue weighted by molar-refractivity contribution is -0.177. The van der Waals surface area contributed by atoms with Crippen LogP contribution in [0.4, 0.5) is 0 Å². The second-order valence-corrected chi connectivity index (χ2v) is 5.47. The number of ether oxygens (including phenoxy) is 4. The van der Waals surface area contributed by atoms with Crippen molar-refractivity contribution < 1.29 is 23.7 Å². The SMILES string of the molecule is CC1(C)O[C@H]2[C@H](CO[C@@H]2COC(=O)c2ccccc2)O1. The third-order valence-corrected chi connectivity index (χ3v) is 3.45. The molecule has 2 saturated heterocycles. The number of rotatable bonds is 3. The molecule has 1 aromatic carbocycles. The van der Waals surface area contributed by atoms with Crippen LogP contribution in [0.5, 0.6) is 0 Å². The van der Waals surface area contributed by atoms with Crippen molar-refractivity contribution in [1.29, 1.82) is 0 Å². The van der Waals surface area contributed by atoms with Gasteiger partial charge in [-0.05, 0) is 26.0 Å². The van der Waals surface area contributed by atoms with Crippen molar-refractivity contribution in [3.05, 3.63) is 35.9 Å². The number of benzene rings is 1. The first-order valence-corrected chi connectivity index (χ1v) is 6.74. The van der Waals surface area contributed by atoms with Crippen LogP contribution in [0.3, 0.4) is 0 Å². The van der Waals surface area contributed by atoms with Crippen molar-refractivity contribution in [2.75, 3.05) is 13.2 Å². The molecule has 2 aliphatic rings. The van der Waals surface area contributed by atoms with Gasteiger partial charge in [-0.1, -0.05) is 18.2 Å². The van der Waals surface area contributed by atoms with Gasteiger partial charge in [-0.25, -0.2) is 4.79 Å². The van der Waals surface area contributed by atoms with Crippen LogP contribution in [0.15, 0.2) is 30.3 Å². The fourth-order valence-electron chi connectivity index (χ4n) is 2.58. The van der Waals surface area contributed by atoms with Crippen LogP contribution in [-0.4, -0.2) is 43.3 Å². The van der Waals surface area contributed by atoms with Crippen LogP contribution in [0.2, 0.25) is 0 Å². The molecule has 0 spiro atoms. The predicted octanol–water partition coefficient (Wildman–Crippen LogP) is 1.76. The van der Waals surface area contributed by atoms with Crippen molar-refractivity contribution in [3.8, 4) is 0 Å².